The summed E-state index contributed by atoms with van der Waals surface area (Å²) in [5.74, 6) is 1.71. The lowest BCUT2D eigenvalue weighted by Gasteiger charge is -2.15. The maximum atomic E-state index is 6.11. The number of hydrogen-bond acceptors (Lipinski definition) is 3. The van der Waals surface area contributed by atoms with Crippen LogP contribution in [0.25, 0.3) is 0 Å². The molecule has 106 valence electrons. The van der Waals surface area contributed by atoms with Crippen LogP contribution in [0.3, 0.4) is 0 Å². The lowest BCUT2D eigenvalue weighted by atomic mass is 10.0. The molecule has 0 radical (unpaired) electrons. The summed E-state index contributed by atoms with van der Waals surface area (Å²) in [4.78, 5) is 0. The largest absolute Gasteiger partial charge is 0.497 e. The minimum absolute atomic E-state index is 0.0158. The van der Waals surface area contributed by atoms with Gasteiger partial charge in [0.05, 0.1) is 7.11 Å². The Hall–Kier alpha value is -2.00. The topological polar surface area (TPSA) is 44.5 Å². The van der Waals surface area contributed by atoms with Crippen molar-refractivity contribution in [1.82, 2.24) is 0 Å². The molecule has 1 unspecified atom stereocenters. The van der Waals surface area contributed by atoms with Gasteiger partial charge in [0.2, 0.25) is 0 Å². The predicted molar refractivity (Wildman–Crippen MR) is 81.0 cm³/mol. The summed E-state index contributed by atoms with van der Waals surface area (Å²) >= 11 is 0. The summed E-state index contributed by atoms with van der Waals surface area (Å²) in [6.45, 7) is 2.60. The molecule has 0 saturated heterocycles. The molecule has 2 aromatic carbocycles. The minimum Gasteiger partial charge on any atom is -0.497 e. The van der Waals surface area contributed by atoms with E-state index in [9.17, 15) is 0 Å². The third-order valence-corrected chi connectivity index (χ3v) is 3.31. The molecule has 2 N–H and O–H groups in total. The quantitative estimate of drug-likeness (QED) is 0.871. The predicted octanol–water partition coefficient (Wildman–Crippen LogP) is 3.68. The van der Waals surface area contributed by atoms with Gasteiger partial charge in [-0.25, -0.2) is 0 Å². The number of para-hydroxylation sites is 1. The molecule has 1 atom stereocenters. The first-order valence-electron chi connectivity index (χ1n) is 6.84. The van der Waals surface area contributed by atoms with Crippen molar-refractivity contribution in [3.8, 4) is 11.5 Å². The van der Waals surface area contributed by atoms with Crippen LogP contribution in [0.2, 0.25) is 0 Å². The highest BCUT2D eigenvalue weighted by Gasteiger charge is 2.09. The van der Waals surface area contributed by atoms with E-state index in [0.29, 0.717) is 6.61 Å². The van der Waals surface area contributed by atoms with Crippen molar-refractivity contribution in [2.24, 2.45) is 5.73 Å². The zero-order valence-electron chi connectivity index (χ0n) is 12.0. The summed E-state index contributed by atoms with van der Waals surface area (Å²) in [7, 11) is 1.66. The van der Waals surface area contributed by atoms with Gasteiger partial charge in [-0.2, -0.15) is 0 Å². The summed E-state index contributed by atoms with van der Waals surface area (Å²) < 4.78 is 11.0. The van der Waals surface area contributed by atoms with E-state index in [4.69, 9.17) is 15.2 Å². The second kappa shape index (κ2) is 6.96. The van der Waals surface area contributed by atoms with Crippen LogP contribution in [0.4, 0.5) is 0 Å². The van der Waals surface area contributed by atoms with Gasteiger partial charge in [-0.15, -0.1) is 0 Å². The maximum Gasteiger partial charge on any atom is 0.124 e. The van der Waals surface area contributed by atoms with Gasteiger partial charge in [0.1, 0.15) is 18.1 Å². The molecule has 0 amide bonds. The third-order valence-electron chi connectivity index (χ3n) is 3.31. The Morgan fingerprint density at radius 3 is 2.40 bits per heavy atom. The Kier molecular flexibility index (Phi) is 5.02. The van der Waals surface area contributed by atoms with Crippen LogP contribution in [0.15, 0.2) is 48.5 Å². The second-order valence-corrected chi connectivity index (χ2v) is 4.69. The van der Waals surface area contributed by atoms with Gasteiger partial charge in [0.15, 0.2) is 0 Å². The fourth-order valence-corrected chi connectivity index (χ4v) is 2.02. The van der Waals surface area contributed by atoms with Crippen molar-refractivity contribution >= 4 is 0 Å². The molecule has 3 nitrogen and oxygen atoms in total. The number of rotatable bonds is 6. The molecule has 0 aromatic heterocycles. The average Bonchev–Trinajstić information content (AvgIpc) is 2.53. The first-order chi connectivity index (χ1) is 9.74. The van der Waals surface area contributed by atoms with Crippen molar-refractivity contribution < 1.29 is 9.47 Å². The maximum absolute atomic E-state index is 6.11. The smallest absolute Gasteiger partial charge is 0.124 e. The zero-order valence-corrected chi connectivity index (χ0v) is 12.0. The van der Waals surface area contributed by atoms with Crippen molar-refractivity contribution in [3.63, 3.8) is 0 Å². The fourth-order valence-electron chi connectivity index (χ4n) is 2.02. The molecule has 3 heteroatoms. The number of benzene rings is 2. The Balaban J connectivity index is 2.06. The first kappa shape index (κ1) is 14.4. The van der Waals surface area contributed by atoms with Crippen LogP contribution in [0.1, 0.15) is 30.5 Å². The van der Waals surface area contributed by atoms with Crippen molar-refractivity contribution in [3.05, 3.63) is 59.7 Å². The molecule has 20 heavy (non-hydrogen) atoms. The normalized spacial score (nSPS) is 11.9. The Morgan fingerprint density at radius 1 is 1.05 bits per heavy atom. The molecule has 0 aliphatic carbocycles. The molecule has 0 spiro atoms. The van der Waals surface area contributed by atoms with Crippen LogP contribution in [0.5, 0.6) is 11.5 Å². The van der Waals surface area contributed by atoms with Crippen molar-refractivity contribution in [2.75, 3.05) is 7.11 Å². The van der Waals surface area contributed by atoms with E-state index in [1.54, 1.807) is 7.11 Å². The molecule has 0 bridgehead atoms. The monoisotopic (exact) mass is 271 g/mol. The van der Waals surface area contributed by atoms with Crippen LogP contribution in [0, 0.1) is 0 Å². The summed E-state index contributed by atoms with van der Waals surface area (Å²) in [6.07, 6.45) is 0.892. The standard InChI is InChI=1S/C17H21NO2/c1-3-16(18)15-6-4-5-7-17(15)20-12-13-8-10-14(19-2)11-9-13/h4-11,16H,3,12,18H2,1-2H3. The lowest BCUT2D eigenvalue weighted by molar-refractivity contribution is 0.300. The molecule has 0 heterocycles. The highest BCUT2D eigenvalue weighted by atomic mass is 16.5. The molecule has 2 rings (SSSR count). The van der Waals surface area contributed by atoms with Gasteiger partial charge in [0.25, 0.3) is 0 Å². The van der Waals surface area contributed by atoms with Gasteiger partial charge in [-0.05, 0) is 30.2 Å². The van der Waals surface area contributed by atoms with E-state index in [1.165, 1.54) is 0 Å². The lowest BCUT2D eigenvalue weighted by Crippen LogP contribution is -2.10. The molecular weight excluding hydrogens is 250 g/mol. The molecule has 2 aromatic rings. The molecule has 0 aliphatic rings. The van der Waals surface area contributed by atoms with E-state index in [2.05, 4.69) is 6.92 Å². The number of methoxy groups -OCH3 is 1. The Morgan fingerprint density at radius 2 is 1.75 bits per heavy atom. The fraction of sp³-hybridized carbons (Fsp3) is 0.294. The van der Waals surface area contributed by atoms with E-state index in [-0.39, 0.29) is 6.04 Å². The summed E-state index contributed by atoms with van der Waals surface area (Å²) in [5.41, 5.74) is 8.27. The van der Waals surface area contributed by atoms with Crippen LogP contribution in [-0.2, 0) is 6.61 Å². The van der Waals surface area contributed by atoms with Crippen LogP contribution in [-0.4, -0.2) is 7.11 Å². The highest BCUT2D eigenvalue weighted by molar-refractivity contribution is 5.36. The Bertz CT molecular complexity index is 537. The van der Waals surface area contributed by atoms with Gasteiger partial charge in [-0.1, -0.05) is 37.3 Å². The van der Waals surface area contributed by atoms with Gasteiger partial charge in [0, 0.05) is 11.6 Å². The summed E-state index contributed by atoms with van der Waals surface area (Å²) in [5, 5.41) is 0. The number of hydrogen-bond donors (Lipinski definition) is 1. The molecule has 0 saturated carbocycles. The minimum atomic E-state index is 0.0158. The van der Waals surface area contributed by atoms with E-state index < -0.39 is 0 Å². The van der Waals surface area contributed by atoms with Gasteiger partial charge < -0.3 is 15.2 Å². The van der Waals surface area contributed by atoms with Crippen molar-refractivity contribution in [2.45, 2.75) is 26.0 Å². The molecule has 0 fully saturated rings. The van der Waals surface area contributed by atoms with E-state index in [0.717, 1.165) is 29.0 Å². The van der Waals surface area contributed by atoms with Crippen LogP contribution >= 0.6 is 0 Å². The number of ether oxygens (including phenoxy) is 2. The number of nitrogens with two attached hydrogens (primary N) is 1. The Labute approximate surface area is 120 Å². The van der Waals surface area contributed by atoms with Crippen molar-refractivity contribution in [1.29, 1.82) is 0 Å². The SMILES string of the molecule is CCC(N)c1ccccc1OCc1ccc(OC)cc1. The van der Waals surface area contributed by atoms with E-state index in [1.807, 2.05) is 48.5 Å². The highest BCUT2D eigenvalue weighted by Crippen LogP contribution is 2.26. The summed E-state index contributed by atoms with van der Waals surface area (Å²) in [6, 6.07) is 15.8. The average molecular weight is 271 g/mol. The first-order valence-corrected chi connectivity index (χ1v) is 6.84. The molecular formula is C17H21NO2. The molecule has 0 aliphatic heterocycles. The van der Waals surface area contributed by atoms with Gasteiger partial charge in [-0.3, -0.25) is 0 Å². The van der Waals surface area contributed by atoms with Crippen LogP contribution < -0.4 is 15.2 Å². The second-order valence-electron chi connectivity index (χ2n) is 4.69. The van der Waals surface area contributed by atoms with Gasteiger partial charge >= 0.3 is 0 Å². The van der Waals surface area contributed by atoms with E-state index >= 15 is 0 Å². The zero-order chi connectivity index (χ0) is 14.4. The third kappa shape index (κ3) is 3.52.